The molecule has 3 aromatic rings. The minimum atomic E-state index is 0.0130. The van der Waals surface area contributed by atoms with Crippen LogP contribution in [0.5, 0.6) is 0 Å². The van der Waals surface area contributed by atoms with Gasteiger partial charge < -0.3 is 4.90 Å². The molecule has 0 N–H and O–H groups in total. The van der Waals surface area contributed by atoms with Gasteiger partial charge in [-0.25, -0.2) is 4.98 Å². The van der Waals surface area contributed by atoms with Crippen molar-refractivity contribution < 1.29 is 4.79 Å². The quantitative estimate of drug-likeness (QED) is 0.525. The van der Waals surface area contributed by atoms with Crippen LogP contribution in [-0.4, -0.2) is 51.4 Å². The smallest absolute Gasteiger partial charge is 0.261 e. The number of fused-ring (bicyclic) bond motifs is 1. The molecule has 1 saturated heterocycles. The van der Waals surface area contributed by atoms with Crippen LogP contribution in [0, 0.1) is 5.92 Å². The molecule has 1 aliphatic heterocycles. The SMILES string of the molecule is CCC(c1nc2ccccc2c(=O)n1Cc1ccccc1)N1CCN(C(=O)C2CCCCC2)CC1. The molecule has 1 aromatic heterocycles. The van der Waals surface area contributed by atoms with Crippen molar-refractivity contribution in [2.24, 2.45) is 5.92 Å². The first-order valence-corrected chi connectivity index (χ1v) is 13.2. The Kier molecular flexibility index (Phi) is 7.28. The van der Waals surface area contributed by atoms with Crippen molar-refractivity contribution in [2.75, 3.05) is 26.2 Å². The van der Waals surface area contributed by atoms with Gasteiger partial charge in [0.15, 0.2) is 0 Å². The third-order valence-corrected chi connectivity index (χ3v) is 7.78. The molecule has 6 heteroatoms. The molecule has 1 aliphatic carbocycles. The monoisotopic (exact) mass is 472 g/mol. The lowest BCUT2D eigenvalue weighted by Crippen LogP contribution is -2.51. The molecule has 1 saturated carbocycles. The topological polar surface area (TPSA) is 58.4 Å². The zero-order chi connectivity index (χ0) is 24.2. The predicted molar refractivity (Wildman–Crippen MR) is 139 cm³/mol. The third kappa shape index (κ3) is 5.03. The Morgan fingerprint density at radius 3 is 2.34 bits per heavy atom. The van der Waals surface area contributed by atoms with Crippen molar-refractivity contribution in [3.05, 3.63) is 76.3 Å². The normalized spacial score (nSPS) is 18.6. The standard InChI is InChI=1S/C29H36N4O2/c1-2-26(31-17-19-32(20-18-31)28(34)23-13-7-4-8-14-23)27-30-25-16-10-9-15-24(25)29(35)33(27)21-22-11-5-3-6-12-22/h3,5-6,9-12,15-16,23,26H,2,4,7-8,13-14,17-21H2,1H3. The molecule has 2 heterocycles. The van der Waals surface area contributed by atoms with Crippen LogP contribution >= 0.6 is 0 Å². The highest BCUT2D eigenvalue weighted by Gasteiger charge is 2.32. The number of piperazine rings is 1. The maximum atomic E-state index is 13.6. The Labute approximate surface area is 207 Å². The van der Waals surface area contributed by atoms with E-state index in [1.54, 1.807) is 0 Å². The van der Waals surface area contributed by atoms with Gasteiger partial charge in [-0.05, 0) is 37.0 Å². The molecule has 0 bridgehead atoms. The minimum absolute atomic E-state index is 0.0130. The van der Waals surface area contributed by atoms with E-state index in [0.29, 0.717) is 17.8 Å². The first-order chi connectivity index (χ1) is 17.2. The van der Waals surface area contributed by atoms with E-state index in [1.807, 2.05) is 47.0 Å². The van der Waals surface area contributed by atoms with Gasteiger partial charge in [0, 0.05) is 32.1 Å². The van der Waals surface area contributed by atoms with Crippen molar-refractivity contribution >= 4 is 16.8 Å². The molecule has 5 rings (SSSR count). The second-order valence-corrected chi connectivity index (χ2v) is 9.98. The summed E-state index contributed by atoms with van der Waals surface area (Å²) in [5, 5.41) is 0.657. The van der Waals surface area contributed by atoms with E-state index in [-0.39, 0.29) is 17.5 Å². The van der Waals surface area contributed by atoms with E-state index >= 15 is 0 Å². The summed E-state index contributed by atoms with van der Waals surface area (Å²) >= 11 is 0. The van der Waals surface area contributed by atoms with Crippen LogP contribution in [0.15, 0.2) is 59.4 Å². The zero-order valence-corrected chi connectivity index (χ0v) is 20.7. The lowest BCUT2D eigenvalue weighted by atomic mass is 9.88. The van der Waals surface area contributed by atoms with Crippen molar-refractivity contribution in [1.29, 1.82) is 0 Å². The van der Waals surface area contributed by atoms with Crippen molar-refractivity contribution in [3.8, 4) is 0 Å². The van der Waals surface area contributed by atoms with Crippen LogP contribution in [0.4, 0.5) is 0 Å². The van der Waals surface area contributed by atoms with Crippen molar-refractivity contribution in [1.82, 2.24) is 19.4 Å². The molecule has 35 heavy (non-hydrogen) atoms. The lowest BCUT2D eigenvalue weighted by molar-refractivity contribution is -0.138. The van der Waals surface area contributed by atoms with Gasteiger partial charge >= 0.3 is 0 Å². The molecule has 2 fully saturated rings. The molecular formula is C29H36N4O2. The number of carbonyl (C=O) groups is 1. The highest BCUT2D eigenvalue weighted by Crippen LogP contribution is 2.28. The molecular weight excluding hydrogens is 436 g/mol. The minimum Gasteiger partial charge on any atom is -0.340 e. The van der Waals surface area contributed by atoms with E-state index in [2.05, 4.69) is 28.9 Å². The van der Waals surface area contributed by atoms with Crippen LogP contribution in [0.1, 0.15) is 62.9 Å². The van der Waals surface area contributed by atoms with Crippen molar-refractivity contribution in [2.45, 2.75) is 58.0 Å². The van der Waals surface area contributed by atoms with Gasteiger partial charge in [-0.1, -0.05) is 68.7 Å². The van der Waals surface area contributed by atoms with Crippen LogP contribution in [0.2, 0.25) is 0 Å². The lowest BCUT2D eigenvalue weighted by Gasteiger charge is -2.40. The number of rotatable bonds is 6. The number of hydrogen-bond acceptors (Lipinski definition) is 4. The maximum absolute atomic E-state index is 13.6. The summed E-state index contributed by atoms with van der Waals surface area (Å²) in [6.07, 6.45) is 6.57. The molecule has 0 spiro atoms. The highest BCUT2D eigenvalue weighted by molar-refractivity contribution is 5.79. The van der Waals surface area contributed by atoms with Gasteiger partial charge in [-0.3, -0.25) is 19.1 Å². The number of para-hydroxylation sites is 1. The Morgan fingerprint density at radius 2 is 1.63 bits per heavy atom. The number of amides is 1. The van der Waals surface area contributed by atoms with Gasteiger partial charge in [-0.2, -0.15) is 0 Å². The molecule has 1 unspecified atom stereocenters. The molecule has 0 radical (unpaired) electrons. The number of benzene rings is 2. The van der Waals surface area contributed by atoms with Gasteiger partial charge in [0.2, 0.25) is 5.91 Å². The highest BCUT2D eigenvalue weighted by atomic mass is 16.2. The summed E-state index contributed by atoms with van der Waals surface area (Å²) < 4.78 is 1.87. The Morgan fingerprint density at radius 1 is 0.943 bits per heavy atom. The van der Waals surface area contributed by atoms with Crippen LogP contribution in [0.3, 0.4) is 0 Å². The number of carbonyl (C=O) groups excluding carboxylic acids is 1. The van der Waals surface area contributed by atoms with E-state index < -0.39 is 0 Å². The Balaban J connectivity index is 1.41. The summed E-state index contributed by atoms with van der Waals surface area (Å²) in [6.45, 7) is 5.79. The molecule has 184 valence electrons. The van der Waals surface area contributed by atoms with Crippen molar-refractivity contribution in [3.63, 3.8) is 0 Å². The largest absolute Gasteiger partial charge is 0.340 e. The van der Waals surface area contributed by atoms with Gasteiger partial charge in [0.25, 0.3) is 5.56 Å². The van der Waals surface area contributed by atoms with Gasteiger partial charge in [0.1, 0.15) is 5.82 Å². The summed E-state index contributed by atoms with van der Waals surface area (Å²) in [5.41, 5.74) is 1.85. The maximum Gasteiger partial charge on any atom is 0.261 e. The van der Waals surface area contributed by atoms with Crippen LogP contribution in [0.25, 0.3) is 10.9 Å². The summed E-state index contributed by atoms with van der Waals surface area (Å²) in [5.74, 6) is 1.39. The number of hydrogen-bond donors (Lipinski definition) is 0. The summed E-state index contributed by atoms with van der Waals surface area (Å²) in [7, 11) is 0. The van der Waals surface area contributed by atoms with Gasteiger partial charge in [0.05, 0.1) is 23.5 Å². The van der Waals surface area contributed by atoms with Crippen LogP contribution in [-0.2, 0) is 11.3 Å². The summed E-state index contributed by atoms with van der Waals surface area (Å²) in [6, 6.07) is 17.8. The molecule has 1 amide bonds. The fourth-order valence-electron chi connectivity index (χ4n) is 5.82. The second-order valence-electron chi connectivity index (χ2n) is 9.98. The van der Waals surface area contributed by atoms with E-state index in [1.165, 1.54) is 19.3 Å². The second kappa shape index (κ2) is 10.7. The average molecular weight is 473 g/mol. The number of aromatic nitrogens is 2. The first kappa shape index (κ1) is 23.7. The Hall–Kier alpha value is -2.99. The molecule has 2 aliphatic rings. The Bertz CT molecular complexity index is 1210. The number of nitrogens with zero attached hydrogens (tertiary/aromatic N) is 4. The fourth-order valence-corrected chi connectivity index (χ4v) is 5.82. The average Bonchev–Trinajstić information content (AvgIpc) is 2.92. The summed E-state index contributed by atoms with van der Waals surface area (Å²) in [4.78, 5) is 36.2. The first-order valence-electron chi connectivity index (χ1n) is 13.2. The van der Waals surface area contributed by atoms with Crippen LogP contribution < -0.4 is 5.56 Å². The third-order valence-electron chi connectivity index (χ3n) is 7.78. The fraction of sp³-hybridized carbons (Fsp3) is 0.483. The zero-order valence-electron chi connectivity index (χ0n) is 20.7. The molecule has 6 nitrogen and oxygen atoms in total. The predicted octanol–water partition coefficient (Wildman–Crippen LogP) is 4.62. The van der Waals surface area contributed by atoms with Gasteiger partial charge in [-0.15, -0.1) is 0 Å². The van der Waals surface area contributed by atoms with E-state index in [0.717, 1.165) is 62.3 Å². The van der Waals surface area contributed by atoms with E-state index in [4.69, 9.17) is 4.98 Å². The molecule has 2 aromatic carbocycles. The van der Waals surface area contributed by atoms with E-state index in [9.17, 15) is 9.59 Å². The molecule has 1 atom stereocenters.